The number of ether oxygens (including phenoxy) is 2. The Bertz CT molecular complexity index is 1210. The van der Waals surface area contributed by atoms with Crippen LogP contribution in [0.5, 0.6) is 11.5 Å². The maximum atomic E-state index is 12.7. The monoisotopic (exact) mass is 455 g/mol. The number of carbonyl (C=O) groups is 1. The summed E-state index contributed by atoms with van der Waals surface area (Å²) >= 11 is 0. The van der Waals surface area contributed by atoms with Crippen molar-refractivity contribution < 1.29 is 14.3 Å². The summed E-state index contributed by atoms with van der Waals surface area (Å²) in [6.07, 6.45) is 12.3. The van der Waals surface area contributed by atoms with Crippen LogP contribution < -0.4 is 20.1 Å². The van der Waals surface area contributed by atoms with E-state index in [0.717, 1.165) is 31.2 Å². The summed E-state index contributed by atoms with van der Waals surface area (Å²) in [4.78, 5) is 21.0. The molecule has 0 saturated heterocycles. The number of para-hydroxylation sites is 1. The second-order valence-electron chi connectivity index (χ2n) is 7.82. The van der Waals surface area contributed by atoms with E-state index in [4.69, 9.17) is 14.7 Å². The van der Waals surface area contributed by atoms with Gasteiger partial charge in [-0.25, -0.2) is 4.98 Å². The fraction of sp³-hybridized carbons (Fsp3) is 0.231. The van der Waals surface area contributed by atoms with E-state index in [9.17, 15) is 4.79 Å². The Morgan fingerprint density at radius 3 is 2.74 bits per heavy atom. The van der Waals surface area contributed by atoms with Gasteiger partial charge in [-0.3, -0.25) is 9.78 Å². The van der Waals surface area contributed by atoms with Crippen LogP contribution in [-0.4, -0.2) is 29.1 Å². The van der Waals surface area contributed by atoms with Gasteiger partial charge in [0.05, 0.1) is 36.3 Å². The number of amides is 1. The van der Waals surface area contributed by atoms with Gasteiger partial charge < -0.3 is 20.1 Å². The van der Waals surface area contributed by atoms with Crippen molar-refractivity contribution in [1.82, 2.24) is 9.97 Å². The lowest BCUT2D eigenvalue weighted by atomic mass is 10.1. The van der Waals surface area contributed by atoms with E-state index in [1.165, 1.54) is 12.3 Å². The minimum atomic E-state index is -0.321. The van der Waals surface area contributed by atoms with Crippen LogP contribution in [0.3, 0.4) is 0 Å². The number of hydrogen-bond acceptors (Lipinski definition) is 7. The molecule has 0 atom stereocenters. The zero-order valence-electron chi connectivity index (χ0n) is 18.8. The Morgan fingerprint density at radius 2 is 2.00 bits per heavy atom. The van der Waals surface area contributed by atoms with Gasteiger partial charge in [-0.1, -0.05) is 12.1 Å². The molecule has 1 saturated carbocycles. The highest BCUT2D eigenvalue weighted by Gasteiger charge is 2.20. The van der Waals surface area contributed by atoms with Crippen molar-refractivity contribution in [3.63, 3.8) is 0 Å². The maximum Gasteiger partial charge on any atom is 0.248 e. The molecule has 3 aromatic rings. The smallest absolute Gasteiger partial charge is 0.248 e. The molecule has 1 amide bonds. The number of anilines is 3. The molecular formula is C26H25N5O3. The van der Waals surface area contributed by atoms with Gasteiger partial charge in [0.15, 0.2) is 11.5 Å². The average molecular weight is 456 g/mol. The number of nitrogens with zero attached hydrogens (tertiary/aromatic N) is 3. The van der Waals surface area contributed by atoms with E-state index in [1.54, 1.807) is 43.8 Å². The summed E-state index contributed by atoms with van der Waals surface area (Å²) in [6.45, 7) is 0. The first-order valence-corrected chi connectivity index (χ1v) is 11.1. The first-order chi connectivity index (χ1) is 16.7. The third kappa shape index (κ3) is 5.70. The molecule has 2 heterocycles. The molecule has 8 nitrogen and oxygen atoms in total. The topological polar surface area (TPSA) is 109 Å². The van der Waals surface area contributed by atoms with Crippen molar-refractivity contribution in [2.45, 2.75) is 31.8 Å². The normalized spacial score (nSPS) is 13.4. The van der Waals surface area contributed by atoms with Crippen LogP contribution in [0.4, 0.5) is 17.2 Å². The Balaban J connectivity index is 1.48. The molecule has 8 heteroatoms. The highest BCUT2D eigenvalue weighted by molar-refractivity contribution is 6.04. The largest absolute Gasteiger partial charge is 0.493 e. The minimum absolute atomic E-state index is 0.164. The molecule has 34 heavy (non-hydrogen) atoms. The van der Waals surface area contributed by atoms with Crippen LogP contribution in [0.2, 0.25) is 0 Å². The summed E-state index contributed by atoms with van der Waals surface area (Å²) in [5, 5.41) is 14.9. The number of pyridine rings is 2. The molecule has 0 radical (unpaired) electrons. The quantitative estimate of drug-likeness (QED) is 0.456. The van der Waals surface area contributed by atoms with E-state index in [1.807, 2.05) is 24.3 Å². The van der Waals surface area contributed by atoms with E-state index in [0.29, 0.717) is 34.3 Å². The third-order valence-corrected chi connectivity index (χ3v) is 5.46. The van der Waals surface area contributed by atoms with Gasteiger partial charge in [0.1, 0.15) is 11.9 Å². The molecule has 0 bridgehead atoms. The summed E-state index contributed by atoms with van der Waals surface area (Å²) in [5.41, 5.74) is 2.36. The number of rotatable bonds is 8. The first kappa shape index (κ1) is 22.8. The molecular weight excluding hydrogens is 430 g/mol. The van der Waals surface area contributed by atoms with Gasteiger partial charge in [0, 0.05) is 24.0 Å². The zero-order chi connectivity index (χ0) is 23.8. The summed E-state index contributed by atoms with van der Waals surface area (Å²) in [7, 11) is 1.61. The standard InChI is InChI=1S/C26H25N5O3/c1-33-23-8-4-5-19(26(23)34-20-6-2-3-7-20)10-12-25(32)31-22-17-28-14-13-21(22)30-24-11-9-18(15-27)16-29-24/h4-5,8-14,16-17,20H,2-3,6-7H2,1H3,(H,31,32)(H,28,29,30)/b12-10+. The number of aromatic nitrogens is 2. The predicted octanol–water partition coefficient (Wildman–Crippen LogP) is 5.07. The summed E-state index contributed by atoms with van der Waals surface area (Å²) in [5.74, 6) is 1.51. The van der Waals surface area contributed by atoms with Gasteiger partial charge in [-0.15, -0.1) is 0 Å². The lowest BCUT2D eigenvalue weighted by Crippen LogP contribution is -2.13. The molecule has 4 rings (SSSR count). The van der Waals surface area contributed by atoms with Crippen molar-refractivity contribution in [2.24, 2.45) is 0 Å². The van der Waals surface area contributed by atoms with E-state index in [2.05, 4.69) is 20.6 Å². The van der Waals surface area contributed by atoms with E-state index in [-0.39, 0.29) is 12.0 Å². The minimum Gasteiger partial charge on any atom is -0.493 e. The Hall–Kier alpha value is -4.38. The number of methoxy groups -OCH3 is 1. The lowest BCUT2D eigenvalue weighted by Gasteiger charge is -2.18. The number of hydrogen-bond donors (Lipinski definition) is 2. The summed E-state index contributed by atoms with van der Waals surface area (Å²) in [6, 6.07) is 12.7. The first-order valence-electron chi connectivity index (χ1n) is 11.1. The zero-order valence-corrected chi connectivity index (χ0v) is 18.8. The van der Waals surface area contributed by atoms with Gasteiger partial charge in [0.2, 0.25) is 5.91 Å². The van der Waals surface area contributed by atoms with Crippen molar-refractivity contribution in [2.75, 3.05) is 17.7 Å². The van der Waals surface area contributed by atoms with Gasteiger partial charge in [0.25, 0.3) is 0 Å². The van der Waals surface area contributed by atoms with Crippen LogP contribution in [0.15, 0.2) is 61.1 Å². The number of carbonyl (C=O) groups excluding carboxylic acids is 1. The Kier molecular flexibility index (Phi) is 7.35. The van der Waals surface area contributed by atoms with Crippen LogP contribution in [-0.2, 0) is 4.79 Å². The SMILES string of the molecule is COc1cccc(/C=C/C(=O)Nc2cnccc2Nc2ccc(C#N)cn2)c1OC1CCCC1. The average Bonchev–Trinajstić information content (AvgIpc) is 3.38. The molecule has 1 aliphatic carbocycles. The van der Waals surface area contributed by atoms with Crippen LogP contribution >= 0.6 is 0 Å². The maximum absolute atomic E-state index is 12.7. The Morgan fingerprint density at radius 1 is 1.15 bits per heavy atom. The van der Waals surface area contributed by atoms with Crippen molar-refractivity contribution in [3.05, 3.63) is 72.2 Å². The third-order valence-electron chi connectivity index (χ3n) is 5.46. The molecule has 172 valence electrons. The van der Waals surface area contributed by atoms with Crippen LogP contribution in [0, 0.1) is 11.3 Å². The highest BCUT2D eigenvalue weighted by Crippen LogP contribution is 2.35. The molecule has 1 fully saturated rings. The molecule has 0 spiro atoms. The molecule has 2 N–H and O–H groups in total. The number of nitrogens with one attached hydrogen (secondary N) is 2. The van der Waals surface area contributed by atoms with Gasteiger partial charge in [-0.05, 0) is 56.0 Å². The van der Waals surface area contributed by atoms with E-state index >= 15 is 0 Å². The molecule has 2 aromatic heterocycles. The fourth-order valence-corrected chi connectivity index (χ4v) is 3.74. The van der Waals surface area contributed by atoms with Crippen LogP contribution in [0.25, 0.3) is 6.08 Å². The van der Waals surface area contributed by atoms with Gasteiger partial charge >= 0.3 is 0 Å². The second-order valence-corrected chi connectivity index (χ2v) is 7.82. The molecule has 0 aliphatic heterocycles. The van der Waals surface area contributed by atoms with Crippen molar-refractivity contribution in [1.29, 1.82) is 5.26 Å². The molecule has 0 unspecified atom stereocenters. The summed E-state index contributed by atoms with van der Waals surface area (Å²) < 4.78 is 11.7. The molecule has 1 aliphatic rings. The number of benzene rings is 1. The van der Waals surface area contributed by atoms with Crippen LogP contribution in [0.1, 0.15) is 36.8 Å². The Labute approximate surface area is 198 Å². The van der Waals surface area contributed by atoms with Crippen molar-refractivity contribution in [3.8, 4) is 17.6 Å². The lowest BCUT2D eigenvalue weighted by molar-refractivity contribution is -0.111. The van der Waals surface area contributed by atoms with E-state index < -0.39 is 0 Å². The number of nitriles is 1. The van der Waals surface area contributed by atoms with Gasteiger partial charge in [-0.2, -0.15) is 5.26 Å². The highest BCUT2D eigenvalue weighted by atomic mass is 16.5. The fourth-order valence-electron chi connectivity index (χ4n) is 3.74. The van der Waals surface area contributed by atoms with Crippen molar-refractivity contribution >= 4 is 29.2 Å². The molecule has 1 aromatic carbocycles. The predicted molar refractivity (Wildman–Crippen MR) is 130 cm³/mol. The second kappa shape index (κ2) is 11.0.